The Morgan fingerprint density at radius 1 is 0.923 bits per heavy atom. The molecule has 138 valence electrons. The Bertz CT molecular complexity index is 729. The lowest BCUT2D eigenvalue weighted by atomic mass is 10.0. The summed E-state index contributed by atoms with van der Waals surface area (Å²) in [5.74, 6) is -0.171. The molecule has 4 nitrogen and oxygen atoms in total. The minimum atomic E-state index is -0.651. The van der Waals surface area contributed by atoms with E-state index in [0.29, 0.717) is 22.9 Å². The highest BCUT2D eigenvalue weighted by molar-refractivity contribution is 6.30. The lowest BCUT2D eigenvalue weighted by Gasteiger charge is -2.23. The number of benzene rings is 2. The van der Waals surface area contributed by atoms with Gasteiger partial charge >= 0.3 is 0 Å². The van der Waals surface area contributed by atoms with Gasteiger partial charge in [-0.15, -0.1) is 0 Å². The second-order valence-electron chi connectivity index (χ2n) is 6.76. The van der Waals surface area contributed by atoms with Crippen LogP contribution in [0.15, 0.2) is 54.6 Å². The van der Waals surface area contributed by atoms with E-state index in [1.54, 1.807) is 24.3 Å². The summed E-state index contributed by atoms with van der Waals surface area (Å²) in [5.41, 5.74) is 1.46. The van der Waals surface area contributed by atoms with E-state index in [0.717, 1.165) is 5.56 Å². The van der Waals surface area contributed by atoms with Crippen LogP contribution < -0.4 is 10.6 Å². The largest absolute Gasteiger partial charge is 0.352 e. The van der Waals surface area contributed by atoms with E-state index in [9.17, 15) is 9.59 Å². The van der Waals surface area contributed by atoms with Gasteiger partial charge in [-0.05, 0) is 42.7 Å². The van der Waals surface area contributed by atoms with Crippen molar-refractivity contribution in [2.45, 2.75) is 39.3 Å². The van der Waals surface area contributed by atoms with Crippen LogP contribution in [0.1, 0.15) is 36.7 Å². The molecule has 2 rings (SSSR count). The fraction of sp³-hybridized carbons (Fsp3) is 0.333. The minimum absolute atomic E-state index is 0.0215. The first-order valence-electron chi connectivity index (χ1n) is 8.77. The highest BCUT2D eigenvalue weighted by atomic mass is 35.5. The van der Waals surface area contributed by atoms with Crippen molar-refractivity contribution in [2.24, 2.45) is 5.92 Å². The summed E-state index contributed by atoms with van der Waals surface area (Å²) >= 11 is 5.87. The molecular formula is C21H25ClN2O2. The zero-order chi connectivity index (χ0) is 19.1. The molecule has 26 heavy (non-hydrogen) atoms. The molecule has 0 saturated carbocycles. The topological polar surface area (TPSA) is 58.2 Å². The Morgan fingerprint density at radius 2 is 1.54 bits per heavy atom. The highest BCUT2D eigenvalue weighted by Crippen LogP contribution is 2.11. The third-order valence-corrected chi connectivity index (χ3v) is 4.63. The second kappa shape index (κ2) is 9.39. The summed E-state index contributed by atoms with van der Waals surface area (Å²) in [7, 11) is 0. The molecule has 2 amide bonds. The van der Waals surface area contributed by atoms with Gasteiger partial charge in [0.05, 0.1) is 0 Å². The molecule has 0 heterocycles. The number of amides is 2. The average molecular weight is 373 g/mol. The monoisotopic (exact) mass is 372 g/mol. The number of nitrogens with one attached hydrogen (secondary N) is 2. The predicted molar refractivity (Wildman–Crippen MR) is 105 cm³/mol. The van der Waals surface area contributed by atoms with Crippen molar-refractivity contribution in [3.8, 4) is 0 Å². The third kappa shape index (κ3) is 5.88. The molecule has 5 heteroatoms. The van der Waals surface area contributed by atoms with Gasteiger partial charge in [0, 0.05) is 23.0 Å². The van der Waals surface area contributed by atoms with Gasteiger partial charge in [0.1, 0.15) is 6.04 Å². The van der Waals surface area contributed by atoms with Crippen LogP contribution in [0.3, 0.4) is 0 Å². The molecule has 0 bridgehead atoms. The number of rotatable bonds is 7. The minimum Gasteiger partial charge on any atom is -0.352 e. The molecule has 0 fully saturated rings. The van der Waals surface area contributed by atoms with Crippen molar-refractivity contribution in [1.29, 1.82) is 0 Å². The first-order chi connectivity index (χ1) is 12.4. The van der Waals surface area contributed by atoms with Gasteiger partial charge in [0.15, 0.2) is 0 Å². The van der Waals surface area contributed by atoms with Crippen molar-refractivity contribution in [1.82, 2.24) is 10.6 Å². The molecule has 2 unspecified atom stereocenters. The van der Waals surface area contributed by atoms with Crippen molar-refractivity contribution < 1.29 is 9.59 Å². The summed E-state index contributed by atoms with van der Waals surface area (Å²) in [6, 6.07) is 15.6. The second-order valence-corrected chi connectivity index (χ2v) is 7.20. The Balaban J connectivity index is 2.15. The predicted octanol–water partition coefficient (Wildman–Crippen LogP) is 3.84. The normalized spacial score (nSPS) is 13.1. The number of hydrogen-bond donors (Lipinski definition) is 2. The van der Waals surface area contributed by atoms with Gasteiger partial charge in [0.2, 0.25) is 5.91 Å². The Morgan fingerprint density at radius 3 is 2.12 bits per heavy atom. The first kappa shape index (κ1) is 20.0. The standard InChI is InChI=1S/C21H25ClN2O2/c1-14(2)15(3)23-21(26)19(13-16-7-5-4-6-8-16)24-20(25)17-9-11-18(22)12-10-17/h4-12,14-15,19H,13H2,1-3H3,(H,23,26)(H,24,25). The SMILES string of the molecule is CC(C)C(C)NC(=O)C(Cc1ccccc1)NC(=O)c1ccc(Cl)cc1. The van der Waals surface area contributed by atoms with Crippen LogP contribution in [0, 0.1) is 5.92 Å². The fourth-order valence-corrected chi connectivity index (χ4v) is 2.52. The van der Waals surface area contributed by atoms with Gasteiger partial charge in [-0.1, -0.05) is 55.8 Å². The number of carbonyl (C=O) groups is 2. The van der Waals surface area contributed by atoms with Crippen molar-refractivity contribution in [2.75, 3.05) is 0 Å². The van der Waals surface area contributed by atoms with E-state index in [-0.39, 0.29) is 17.9 Å². The van der Waals surface area contributed by atoms with E-state index in [1.165, 1.54) is 0 Å². The molecule has 0 aromatic heterocycles. The Hall–Kier alpha value is -2.33. The summed E-state index contributed by atoms with van der Waals surface area (Å²) in [6.45, 7) is 6.05. The quantitative estimate of drug-likeness (QED) is 0.775. The van der Waals surface area contributed by atoms with Crippen LogP contribution in [0.25, 0.3) is 0 Å². The van der Waals surface area contributed by atoms with Crippen molar-refractivity contribution in [3.05, 3.63) is 70.7 Å². The van der Waals surface area contributed by atoms with Crippen LogP contribution in [0.2, 0.25) is 5.02 Å². The van der Waals surface area contributed by atoms with Gasteiger partial charge in [-0.3, -0.25) is 9.59 Å². The van der Waals surface area contributed by atoms with E-state index >= 15 is 0 Å². The lowest BCUT2D eigenvalue weighted by Crippen LogP contribution is -2.51. The molecule has 2 aromatic rings. The summed E-state index contributed by atoms with van der Waals surface area (Å²) < 4.78 is 0. The van der Waals surface area contributed by atoms with Crippen LogP contribution in [-0.4, -0.2) is 23.9 Å². The molecule has 0 aliphatic heterocycles. The van der Waals surface area contributed by atoms with E-state index in [1.807, 2.05) is 51.1 Å². The van der Waals surface area contributed by atoms with Gasteiger partial charge in [0.25, 0.3) is 5.91 Å². The molecule has 0 aliphatic carbocycles. The molecule has 2 atom stereocenters. The van der Waals surface area contributed by atoms with Crippen molar-refractivity contribution >= 4 is 23.4 Å². The van der Waals surface area contributed by atoms with Crippen LogP contribution in [-0.2, 0) is 11.2 Å². The first-order valence-corrected chi connectivity index (χ1v) is 9.15. The fourth-order valence-electron chi connectivity index (χ4n) is 2.39. The summed E-state index contributed by atoms with van der Waals surface area (Å²) in [6.07, 6.45) is 0.427. The maximum Gasteiger partial charge on any atom is 0.251 e. The zero-order valence-corrected chi connectivity index (χ0v) is 16.1. The molecule has 0 saturated heterocycles. The zero-order valence-electron chi connectivity index (χ0n) is 15.3. The molecule has 2 aromatic carbocycles. The number of halogens is 1. The highest BCUT2D eigenvalue weighted by Gasteiger charge is 2.23. The maximum atomic E-state index is 12.7. The number of hydrogen-bond acceptors (Lipinski definition) is 2. The van der Waals surface area contributed by atoms with Crippen LogP contribution >= 0.6 is 11.6 Å². The maximum absolute atomic E-state index is 12.7. The van der Waals surface area contributed by atoms with Gasteiger partial charge < -0.3 is 10.6 Å². The summed E-state index contributed by atoms with van der Waals surface area (Å²) in [5, 5.41) is 6.40. The lowest BCUT2D eigenvalue weighted by molar-refractivity contribution is -0.123. The average Bonchev–Trinajstić information content (AvgIpc) is 2.62. The molecule has 2 N–H and O–H groups in total. The van der Waals surface area contributed by atoms with Gasteiger partial charge in [-0.25, -0.2) is 0 Å². The third-order valence-electron chi connectivity index (χ3n) is 4.38. The van der Waals surface area contributed by atoms with E-state index < -0.39 is 6.04 Å². The smallest absolute Gasteiger partial charge is 0.251 e. The summed E-state index contributed by atoms with van der Waals surface area (Å²) in [4.78, 5) is 25.3. The Labute approximate surface area is 159 Å². The van der Waals surface area contributed by atoms with E-state index in [4.69, 9.17) is 11.6 Å². The molecule has 0 spiro atoms. The molecular weight excluding hydrogens is 348 g/mol. The van der Waals surface area contributed by atoms with Crippen molar-refractivity contribution in [3.63, 3.8) is 0 Å². The molecule has 0 aliphatic rings. The van der Waals surface area contributed by atoms with E-state index in [2.05, 4.69) is 10.6 Å². The van der Waals surface area contributed by atoms with Gasteiger partial charge in [-0.2, -0.15) is 0 Å². The van der Waals surface area contributed by atoms with Crippen LogP contribution in [0.4, 0.5) is 0 Å². The van der Waals surface area contributed by atoms with Crippen LogP contribution in [0.5, 0.6) is 0 Å². The number of carbonyl (C=O) groups excluding carboxylic acids is 2. The molecule has 0 radical (unpaired) electrons. The Kier molecular flexibility index (Phi) is 7.22.